The highest BCUT2D eigenvalue weighted by Gasteiger charge is 2.26. The van der Waals surface area contributed by atoms with Gasteiger partial charge in [-0.25, -0.2) is 8.93 Å². The summed E-state index contributed by atoms with van der Waals surface area (Å²) in [5.74, 6) is 1.54. The average molecular weight is 410 g/mol. The highest BCUT2D eigenvalue weighted by atomic mass is 32.2. The Morgan fingerprint density at radius 3 is 2.72 bits per heavy atom. The Kier molecular flexibility index (Phi) is 5.62. The SMILES string of the molecule is Cc1[nH]c(-c2cc(CNS(=O)O)ccc2Oc2ccccc2)c2c1C(=O)CCC2. The van der Waals surface area contributed by atoms with Gasteiger partial charge >= 0.3 is 0 Å². The maximum atomic E-state index is 12.4. The summed E-state index contributed by atoms with van der Waals surface area (Å²) in [5.41, 5.74) is 5.22. The van der Waals surface area contributed by atoms with Crippen molar-refractivity contribution in [2.45, 2.75) is 32.7 Å². The molecule has 6 nitrogen and oxygen atoms in total. The zero-order valence-electron chi connectivity index (χ0n) is 16.0. The highest BCUT2D eigenvalue weighted by Crippen LogP contribution is 2.39. The average Bonchev–Trinajstić information content (AvgIpc) is 3.05. The molecular formula is C22H22N2O4S. The molecule has 7 heteroatoms. The van der Waals surface area contributed by atoms with Gasteiger partial charge in [-0.05, 0) is 55.2 Å². The molecule has 0 spiro atoms. The summed E-state index contributed by atoms with van der Waals surface area (Å²) < 4.78 is 28.7. The Morgan fingerprint density at radius 1 is 1.17 bits per heavy atom. The fraction of sp³-hybridized carbons (Fsp3) is 0.227. The summed E-state index contributed by atoms with van der Waals surface area (Å²) in [5, 5.41) is 0. The van der Waals surface area contributed by atoms with Crippen LogP contribution in [0, 0.1) is 6.92 Å². The summed E-state index contributed by atoms with van der Waals surface area (Å²) in [6, 6.07) is 15.1. The molecular weight excluding hydrogens is 388 g/mol. The number of rotatable bonds is 6. The standard InChI is InChI=1S/C22H22N2O4S/c1-14-21-17(8-5-9-19(21)25)22(24-14)18-12-15(13-23-29(26)27)10-11-20(18)28-16-6-3-2-4-7-16/h2-4,6-7,10-12,23-24H,5,8-9,13H2,1H3,(H,26,27). The largest absolute Gasteiger partial charge is 0.457 e. The number of hydrogen-bond acceptors (Lipinski definition) is 3. The van der Waals surface area contributed by atoms with E-state index in [1.165, 1.54) is 0 Å². The molecule has 0 amide bonds. The van der Waals surface area contributed by atoms with E-state index < -0.39 is 11.3 Å². The highest BCUT2D eigenvalue weighted by molar-refractivity contribution is 7.77. The number of benzene rings is 2. The first kappa shape index (κ1) is 19.6. The van der Waals surface area contributed by atoms with Crippen LogP contribution in [0.3, 0.4) is 0 Å². The van der Waals surface area contributed by atoms with Crippen LogP contribution in [0.25, 0.3) is 11.3 Å². The predicted octanol–water partition coefficient (Wildman–Crippen LogP) is 4.53. The maximum absolute atomic E-state index is 12.4. The van der Waals surface area contributed by atoms with Crippen LogP contribution in [0.2, 0.25) is 0 Å². The number of fused-ring (bicyclic) bond motifs is 1. The Morgan fingerprint density at radius 2 is 1.97 bits per heavy atom. The van der Waals surface area contributed by atoms with Crippen LogP contribution in [0.15, 0.2) is 48.5 Å². The van der Waals surface area contributed by atoms with Gasteiger partial charge in [-0.1, -0.05) is 24.3 Å². The number of Topliss-reactive ketones (excluding diaryl/α,β-unsaturated/α-hetero) is 1. The molecule has 29 heavy (non-hydrogen) atoms. The van der Waals surface area contributed by atoms with Crippen LogP contribution < -0.4 is 9.46 Å². The van der Waals surface area contributed by atoms with Crippen LogP contribution in [0.1, 0.15) is 40.0 Å². The molecule has 0 saturated heterocycles. The number of nitrogens with one attached hydrogen (secondary N) is 2. The van der Waals surface area contributed by atoms with E-state index in [9.17, 15) is 9.00 Å². The third kappa shape index (κ3) is 4.17. The monoisotopic (exact) mass is 410 g/mol. The van der Waals surface area contributed by atoms with E-state index >= 15 is 0 Å². The van der Waals surface area contributed by atoms with Crippen molar-refractivity contribution in [3.8, 4) is 22.8 Å². The van der Waals surface area contributed by atoms with Crippen molar-refractivity contribution in [3.63, 3.8) is 0 Å². The number of H-pyrrole nitrogens is 1. The van der Waals surface area contributed by atoms with Gasteiger partial charge in [0.1, 0.15) is 11.5 Å². The molecule has 1 aliphatic carbocycles. The Bertz CT molecular complexity index is 1080. The summed E-state index contributed by atoms with van der Waals surface area (Å²) in [4.78, 5) is 15.8. The summed E-state index contributed by atoms with van der Waals surface area (Å²) in [6.45, 7) is 2.16. The third-order valence-corrected chi connectivity index (χ3v) is 5.48. The zero-order valence-corrected chi connectivity index (χ0v) is 16.8. The molecule has 0 bridgehead atoms. The number of aromatic amines is 1. The second-order valence-corrected chi connectivity index (χ2v) is 7.86. The molecule has 3 N–H and O–H groups in total. The summed E-state index contributed by atoms with van der Waals surface area (Å²) in [6.07, 6.45) is 2.23. The lowest BCUT2D eigenvalue weighted by Gasteiger charge is -2.16. The lowest BCUT2D eigenvalue weighted by molar-refractivity contribution is 0.0972. The van der Waals surface area contributed by atoms with Crippen LogP contribution in [0.5, 0.6) is 11.5 Å². The van der Waals surface area contributed by atoms with Crippen molar-refractivity contribution >= 4 is 17.0 Å². The Labute approximate surface area is 171 Å². The minimum Gasteiger partial charge on any atom is -0.457 e. The van der Waals surface area contributed by atoms with Crippen LogP contribution >= 0.6 is 0 Å². The van der Waals surface area contributed by atoms with Gasteiger partial charge in [-0.15, -0.1) is 0 Å². The topological polar surface area (TPSA) is 91.4 Å². The molecule has 1 atom stereocenters. The number of carbonyl (C=O) groups is 1. The summed E-state index contributed by atoms with van der Waals surface area (Å²) >= 11 is -2.09. The van der Waals surface area contributed by atoms with Gasteiger partial charge in [0.15, 0.2) is 5.78 Å². The first-order valence-electron chi connectivity index (χ1n) is 9.48. The fourth-order valence-electron chi connectivity index (χ4n) is 3.82. The lowest BCUT2D eigenvalue weighted by atomic mass is 9.89. The third-order valence-electron chi connectivity index (χ3n) is 5.08. The van der Waals surface area contributed by atoms with E-state index in [1.807, 2.05) is 55.5 Å². The molecule has 1 aromatic heterocycles. The molecule has 2 aromatic carbocycles. The molecule has 0 saturated carbocycles. The molecule has 1 aliphatic rings. The van der Waals surface area contributed by atoms with Gasteiger partial charge in [-0.2, -0.15) is 0 Å². The van der Waals surface area contributed by atoms with Crippen molar-refractivity contribution in [2.75, 3.05) is 0 Å². The van der Waals surface area contributed by atoms with Crippen molar-refractivity contribution in [1.82, 2.24) is 9.71 Å². The van der Waals surface area contributed by atoms with Crippen LogP contribution in [-0.2, 0) is 24.2 Å². The number of ketones is 1. The van der Waals surface area contributed by atoms with Gasteiger partial charge in [-0.3, -0.25) is 9.35 Å². The number of hydrogen-bond donors (Lipinski definition) is 3. The van der Waals surface area contributed by atoms with Gasteiger partial charge in [0.05, 0.1) is 5.69 Å². The molecule has 3 aromatic rings. The predicted molar refractivity (Wildman–Crippen MR) is 112 cm³/mol. The molecule has 4 rings (SSSR count). The Balaban J connectivity index is 1.81. The van der Waals surface area contributed by atoms with Crippen molar-refractivity contribution in [2.24, 2.45) is 0 Å². The number of aryl methyl sites for hydroxylation is 1. The maximum Gasteiger partial charge on any atom is 0.232 e. The normalized spacial score (nSPS) is 14.5. The zero-order chi connectivity index (χ0) is 20.4. The van der Waals surface area contributed by atoms with Gasteiger partial charge in [0.2, 0.25) is 11.3 Å². The Hall–Kier alpha value is -2.74. The molecule has 0 fully saturated rings. The molecule has 1 heterocycles. The van der Waals surface area contributed by atoms with Crippen LogP contribution in [-0.4, -0.2) is 19.5 Å². The van der Waals surface area contributed by atoms with E-state index in [0.29, 0.717) is 17.9 Å². The van der Waals surface area contributed by atoms with E-state index in [4.69, 9.17) is 9.29 Å². The lowest BCUT2D eigenvalue weighted by Crippen LogP contribution is -2.15. The van der Waals surface area contributed by atoms with E-state index in [0.717, 1.165) is 46.5 Å². The van der Waals surface area contributed by atoms with E-state index in [1.54, 1.807) is 0 Å². The van der Waals surface area contributed by atoms with Crippen molar-refractivity contribution in [1.29, 1.82) is 0 Å². The molecule has 0 radical (unpaired) electrons. The minimum absolute atomic E-state index is 0.172. The van der Waals surface area contributed by atoms with E-state index in [-0.39, 0.29) is 12.3 Å². The van der Waals surface area contributed by atoms with E-state index in [2.05, 4.69) is 9.71 Å². The first-order valence-corrected chi connectivity index (χ1v) is 10.6. The smallest absolute Gasteiger partial charge is 0.232 e. The minimum atomic E-state index is -2.09. The van der Waals surface area contributed by atoms with Crippen molar-refractivity contribution in [3.05, 3.63) is 70.9 Å². The van der Waals surface area contributed by atoms with Gasteiger partial charge in [0, 0.05) is 29.8 Å². The van der Waals surface area contributed by atoms with Crippen molar-refractivity contribution < 1.29 is 18.3 Å². The first-order chi connectivity index (χ1) is 14.0. The molecule has 0 aliphatic heterocycles. The second kappa shape index (κ2) is 8.32. The fourth-order valence-corrected chi connectivity index (χ4v) is 4.11. The molecule has 1 unspecified atom stereocenters. The van der Waals surface area contributed by atoms with Crippen LogP contribution in [0.4, 0.5) is 0 Å². The number of aromatic nitrogens is 1. The number of carbonyl (C=O) groups excluding carboxylic acids is 1. The quantitative estimate of drug-likeness (QED) is 0.521. The second-order valence-electron chi connectivity index (χ2n) is 7.07. The number of para-hydroxylation sites is 1. The summed E-state index contributed by atoms with van der Waals surface area (Å²) in [7, 11) is 0. The van der Waals surface area contributed by atoms with Gasteiger partial charge < -0.3 is 9.72 Å². The molecule has 150 valence electrons. The number of ether oxygens (including phenoxy) is 1. The van der Waals surface area contributed by atoms with Gasteiger partial charge in [0.25, 0.3) is 0 Å².